The number of hydrogen-bond acceptors (Lipinski definition) is 3. The van der Waals surface area contributed by atoms with E-state index in [1.807, 2.05) is 12.1 Å². The second-order valence-corrected chi connectivity index (χ2v) is 6.20. The molecular formula is C19H24N2O. The van der Waals surface area contributed by atoms with Crippen molar-refractivity contribution in [1.29, 1.82) is 0 Å². The zero-order chi connectivity index (χ0) is 15.2. The number of aliphatic hydroxyl groups excluding tert-OH is 1. The molecule has 22 heavy (non-hydrogen) atoms. The number of aliphatic hydroxyl groups is 1. The number of aromatic nitrogens is 1. The lowest BCUT2D eigenvalue weighted by atomic mass is 9.79. The van der Waals surface area contributed by atoms with E-state index in [1.54, 1.807) is 12.4 Å². The third-order valence-corrected chi connectivity index (χ3v) is 4.64. The number of nitrogens with one attached hydrogen (secondary N) is 1. The van der Waals surface area contributed by atoms with E-state index in [-0.39, 0.29) is 0 Å². The highest BCUT2D eigenvalue weighted by molar-refractivity contribution is 5.19. The zero-order valence-corrected chi connectivity index (χ0v) is 12.9. The minimum absolute atomic E-state index is 0.322. The first-order valence-electron chi connectivity index (χ1n) is 8.19. The summed E-state index contributed by atoms with van der Waals surface area (Å²) >= 11 is 0. The van der Waals surface area contributed by atoms with Crippen molar-refractivity contribution in [2.45, 2.75) is 37.8 Å². The Morgan fingerprint density at radius 2 is 1.77 bits per heavy atom. The molecule has 2 unspecified atom stereocenters. The summed E-state index contributed by atoms with van der Waals surface area (Å²) in [6, 6.07) is 14.6. The maximum atomic E-state index is 10.3. The Balaban J connectivity index is 1.62. The van der Waals surface area contributed by atoms with Crippen LogP contribution < -0.4 is 5.32 Å². The minimum atomic E-state index is -0.490. The lowest BCUT2D eigenvalue weighted by Crippen LogP contribution is -2.29. The molecule has 116 valence electrons. The van der Waals surface area contributed by atoms with Gasteiger partial charge in [-0.2, -0.15) is 0 Å². The van der Waals surface area contributed by atoms with Gasteiger partial charge < -0.3 is 10.4 Å². The predicted octanol–water partition coefficient (Wildman–Crippen LogP) is 3.64. The summed E-state index contributed by atoms with van der Waals surface area (Å²) in [7, 11) is 0. The molecule has 1 aliphatic carbocycles. The van der Waals surface area contributed by atoms with Crippen molar-refractivity contribution in [3.05, 3.63) is 66.0 Å². The van der Waals surface area contributed by atoms with Gasteiger partial charge in [0.1, 0.15) is 0 Å². The first-order chi connectivity index (χ1) is 10.8. The van der Waals surface area contributed by atoms with Crippen LogP contribution in [0.25, 0.3) is 0 Å². The maximum absolute atomic E-state index is 10.3. The molecule has 1 aromatic heterocycles. The third kappa shape index (κ3) is 3.93. The van der Waals surface area contributed by atoms with E-state index in [2.05, 4.69) is 40.6 Å². The Morgan fingerprint density at radius 3 is 2.41 bits per heavy atom. The smallest absolute Gasteiger partial charge is 0.0915 e. The molecule has 2 aromatic rings. The van der Waals surface area contributed by atoms with Crippen molar-refractivity contribution in [3.8, 4) is 0 Å². The lowest BCUT2D eigenvalue weighted by molar-refractivity contribution is 0.163. The van der Waals surface area contributed by atoms with Gasteiger partial charge in [0.15, 0.2) is 0 Å². The van der Waals surface area contributed by atoms with Gasteiger partial charge in [-0.3, -0.25) is 4.98 Å². The molecule has 1 heterocycles. The largest absolute Gasteiger partial charge is 0.387 e. The molecule has 0 saturated heterocycles. The van der Waals surface area contributed by atoms with E-state index < -0.39 is 6.10 Å². The van der Waals surface area contributed by atoms with Crippen LogP contribution in [0.2, 0.25) is 0 Å². The molecule has 3 nitrogen and oxygen atoms in total. The first kappa shape index (κ1) is 15.2. The van der Waals surface area contributed by atoms with Crippen molar-refractivity contribution in [2.24, 2.45) is 5.92 Å². The molecular weight excluding hydrogens is 272 g/mol. The van der Waals surface area contributed by atoms with E-state index >= 15 is 0 Å². The SMILES string of the molecule is OC(CNC(CC1CCC1)c1ccccc1)c1ccncc1. The van der Waals surface area contributed by atoms with Crippen LogP contribution in [0, 0.1) is 5.92 Å². The van der Waals surface area contributed by atoms with E-state index in [1.165, 1.54) is 24.8 Å². The van der Waals surface area contributed by atoms with Crippen molar-refractivity contribution in [3.63, 3.8) is 0 Å². The topological polar surface area (TPSA) is 45.1 Å². The maximum Gasteiger partial charge on any atom is 0.0915 e. The summed E-state index contributed by atoms with van der Waals surface area (Å²) in [5.41, 5.74) is 2.23. The van der Waals surface area contributed by atoms with Crippen molar-refractivity contribution in [1.82, 2.24) is 10.3 Å². The molecule has 2 atom stereocenters. The summed E-state index contributed by atoms with van der Waals surface area (Å²) in [5.74, 6) is 0.829. The molecule has 1 fully saturated rings. The second-order valence-electron chi connectivity index (χ2n) is 6.20. The monoisotopic (exact) mass is 296 g/mol. The molecule has 0 radical (unpaired) electrons. The summed E-state index contributed by atoms with van der Waals surface area (Å²) in [5, 5.41) is 13.9. The molecule has 3 heteroatoms. The molecule has 1 aromatic carbocycles. The van der Waals surface area contributed by atoms with Crippen LogP contribution >= 0.6 is 0 Å². The van der Waals surface area contributed by atoms with Crippen LogP contribution in [-0.2, 0) is 0 Å². The molecule has 0 spiro atoms. The number of benzene rings is 1. The van der Waals surface area contributed by atoms with Gasteiger partial charge in [0, 0.05) is 25.0 Å². The Labute approximate surface area is 132 Å². The quantitative estimate of drug-likeness (QED) is 0.820. The highest BCUT2D eigenvalue weighted by Gasteiger charge is 2.23. The molecule has 2 N–H and O–H groups in total. The highest BCUT2D eigenvalue weighted by atomic mass is 16.3. The van der Waals surface area contributed by atoms with Gasteiger partial charge >= 0.3 is 0 Å². The normalized spacial score (nSPS) is 17.7. The Hall–Kier alpha value is -1.71. The molecule has 3 rings (SSSR count). The van der Waals surface area contributed by atoms with Crippen molar-refractivity contribution >= 4 is 0 Å². The van der Waals surface area contributed by atoms with Crippen molar-refractivity contribution in [2.75, 3.05) is 6.54 Å². The average Bonchev–Trinajstić information content (AvgIpc) is 2.54. The molecule has 0 aliphatic heterocycles. The zero-order valence-electron chi connectivity index (χ0n) is 12.9. The fraction of sp³-hybridized carbons (Fsp3) is 0.421. The van der Waals surface area contributed by atoms with E-state index in [0.29, 0.717) is 12.6 Å². The van der Waals surface area contributed by atoms with E-state index in [0.717, 1.165) is 17.9 Å². The third-order valence-electron chi connectivity index (χ3n) is 4.64. The molecule has 0 amide bonds. The number of nitrogens with zero attached hydrogens (tertiary/aromatic N) is 1. The van der Waals surface area contributed by atoms with Gasteiger partial charge in [-0.1, -0.05) is 49.6 Å². The molecule has 1 aliphatic rings. The fourth-order valence-electron chi connectivity index (χ4n) is 3.04. The number of hydrogen-bond donors (Lipinski definition) is 2. The summed E-state index contributed by atoms with van der Waals surface area (Å²) in [6.07, 6.45) is 8.17. The molecule has 1 saturated carbocycles. The van der Waals surface area contributed by atoms with E-state index in [4.69, 9.17) is 0 Å². The predicted molar refractivity (Wildman–Crippen MR) is 88.3 cm³/mol. The van der Waals surface area contributed by atoms with Crippen LogP contribution in [0.1, 0.15) is 49.0 Å². The number of pyridine rings is 1. The average molecular weight is 296 g/mol. The van der Waals surface area contributed by atoms with Gasteiger partial charge in [-0.25, -0.2) is 0 Å². The van der Waals surface area contributed by atoms with Gasteiger partial charge in [0.2, 0.25) is 0 Å². The van der Waals surface area contributed by atoms with Crippen LogP contribution in [0.15, 0.2) is 54.9 Å². The first-order valence-corrected chi connectivity index (χ1v) is 8.19. The van der Waals surface area contributed by atoms with E-state index in [9.17, 15) is 5.11 Å². The Kier molecular flexibility index (Phi) is 5.20. The lowest BCUT2D eigenvalue weighted by Gasteiger charge is -2.31. The minimum Gasteiger partial charge on any atom is -0.387 e. The van der Waals surface area contributed by atoms with Gasteiger partial charge in [0.25, 0.3) is 0 Å². The van der Waals surface area contributed by atoms with Crippen molar-refractivity contribution < 1.29 is 5.11 Å². The fourth-order valence-corrected chi connectivity index (χ4v) is 3.04. The van der Waals surface area contributed by atoms with Crippen LogP contribution in [0.5, 0.6) is 0 Å². The van der Waals surface area contributed by atoms with Crippen LogP contribution in [0.4, 0.5) is 0 Å². The van der Waals surface area contributed by atoms with Gasteiger partial charge in [-0.05, 0) is 35.6 Å². The highest BCUT2D eigenvalue weighted by Crippen LogP contribution is 2.34. The Bertz CT molecular complexity index is 554. The van der Waals surface area contributed by atoms with Gasteiger partial charge in [0.05, 0.1) is 6.10 Å². The van der Waals surface area contributed by atoms with Gasteiger partial charge in [-0.15, -0.1) is 0 Å². The molecule has 0 bridgehead atoms. The Morgan fingerprint density at radius 1 is 1.05 bits per heavy atom. The second kappa shape index (κ2) is 7.52. The summed E-state index contributed by atoms with van der Waals surface area (Å²) < 4.78 is 0. The summed E-state index contributed by atoms with van der Waals surface area (Å²) in [4.78, 5) is 4.00. The summed E-state index contributed by atoms with van der Waals surface area (Å²) in [6.45, 7) is 0.566. The van der Waals surface area contributed by atoms with Crippen LogP contribution in [-0.4, -0.2) is 16.6 Å². The standard InChI is InChI=1S/C19H24N2O/c22-19(17-9-11-20-12-10-17)14-21-18(13-15-5-4-6-15)16-7-2-1-3-8-16/h1-3,7-12,15,18-19,21-22H,4-6,13-14H2. The number of rotatable bonds is 7. The van der Waals surface area contributed by atoms with Crippen LogP contribution in [0.3, 0.4) is 0 Å².